The van der Waals surface area contributed by atoms with Crippen molar-refractivity contribution in [2.75, 3.05) is 0 Å². The molecule has 44 heavy (non-hydrogen) atoms. The predicted octanol–water partition coefficient (Wildman–Crippen LogP) is 1.68. The number of benzene rings is 2. The number of aromatic amines is 1. The average Bonchev–Trinajstić information content (AvgIpc) is 3.48. The van der Waals surface area contributed by atoms with Crippen molar-refractivity contribution in [1.29, 1.82) is 0 Å². The first-order chi connectivity index (χ1) is 20.9. The third kappa shape index (κ3) is 11.6. The van der Waals surface area contributed by atoms with Crippen molar-refractivity contribution < 1.29 is 33.4 Å². The molecule has 0 radical (unpaired) electrons. The molecule has 13 nitrogen and oxygen atoms in total. The summed E-state index contributed by atoms with van der Waals surface area (Å²) in [6, 6.07) is 14.1. The smallest absolute Gasteiger partial charge is 0.408 e. The van der Waals surface area contributed by atoms with E-state index in [1.165, 1.54) is 12.5 Å². The van der Waals surface area contributed by atoms with Crippen LogP contribution in [0.3, 0.4) is 0 Å². The highest BCUT2D eigenvalue weighted by Gasteiger charge is 2.33. The number of alkyl carbamates (subject to hydrolysis) is 1. The summed E-state index contributed by atoms with van der Waals surface area (Å²) in [5.41, 5.74) is 6.57. The molecule has 0 spiro atoms. The molecular formula is C31H38N6O7. The summed E-state index contributed by atoms with van der Waals surface area (Å²) in [6.45, 7) is 5.05. The molecule has 4 amide bonds. The van der Waals surface area contributed by atoms with Crippen molar-refractivity contribution in [3.8, 4) is 0 Å². The van der Waals surface area contributed by atoms with Crippen molar-refractivity contribution in [2.24, 2.45) is 5.73 Å². The molecule has 3 aromatic rings. The van der Waals surface area contributed by atoms with Crippen molar-refractivity contribution >= 4 is 29.8 Å². The van der Waals surface area contributed by atoms with E-state index in [-0.39, 0.29) is 19.4 Å². The first kappa shape index (κ1) is 33.3. The molecule has 0 aliphatic heterocycles. The molecule has 0 saturated heterocycles. The molecule has 0 aliphatic rings. The van der Waals surface area contributed by atoms with Crippen LogP contribution < -0.4 is 21.7 Å². The molecule has 0 aliphatic carbocycles. The Morgan fingerprint density at radius 3 is 1.98 bits per heavy atom. The number of aromatic nitrogens is 2. The van der Waals surface area contributed by atoms with Gasteiger partial charge < -0.3 is 36.1 Å². The molecule has 13 heteroatoms. The van der Waals surface area contributed by atoms with E-state index < -0.39 is 59.9 Å². The van der Waals surface area contributed by atoms with Gasteiger partial charge in [0.05, 0.1) is 12.7 Å². The van der Waals surface area contributed by atoms with Gasteiger partial charge >= 0.3 is 12.1 Å². The number of carbonyl (C=O) groups is 5. The van der Waals surface area contributed by atoms with Crippen molar-refractivity contribution in [2.45, 2.75) is 70.4 Å². The molecule has 3 atom stereocenters. The minimum Gasteiger partial charge on any atom is -0.458 e. The highest BCUT2D eigenvalue weighted by Crippen LogP contribution is 2.12. The van der Waals surface area contributed by atoms with Crippen LogP contribution in [0.15, 0.2) is 73.2 Å². The number of H-pyrrole nitrogens is 1. The Kier molecular flexibility index (Phi) is 12.0. The standard InChI is InChI=1S/C31H38N6O7/c1-31(2,3)44-29(41)25(14-20-10-6-4-7-11-20)36-28(40)24(16-26(32)38)35-27(39)23(15-22-17-33-19-34-22)37-30(42)43-18-21-12-8-5-9-13-21/h4-13,17,19,23-25H,14-16,18H2,1-3H3,(H2,32,38)(H,33,34)(H,35,39)(H,36,40)(H,37,42). The van der Waals surface area contributed by atoms with Crippen LogP contribution >= 0.6 is 0 Å². The summed E-state index contributed by atoms with van der Waals surface area (Å²) >= 11 is 0. The summed E-state index contributed by atoms with van der Waals surface area (Å²) < 4.78 is 10.8. The number of esters is 1. The monoisotopic (exact) mass is 606 g/mol. The third-order valence-electron chi connectivity index (χ3n) is 6.13. The number of primary amides is 1. The highest BCUT2D eigenvalue weighted by molar-refractivity contribution is 5.95. The molecule has 3 rings (SSSR count). The largest absolute Gasteiger partial charge is 0.458 e. The number of amides is 4. The van der Waals surface area contributed by atoms with E-state index in [1.807, 2.05) is 12.1 Å². The number of nitrogens with zero attached hydrogens (tertiary/aromatic N) is 1. The first-order valence-corrected chi connectivity index (χ1v) is 14.0. The zero-order chi connectivity index (χ0) is 32.1. The van der Waals surface area contributed by atoms with Crippen LogP contribution in [-0.2, 0) is 48.1 Å². The fraction of sp³-hybridized carbons (Fsp3) is 0.355. The number of nitrogens with two attached hydrogens (primary N) is 1. The van der Waals surface area contributed by atoms with E-state index in [0.717, 1.165) is 11.1 Å². The van der Waals surface area contributed by atoms with Crippen LogP contribution in [0.1, 0.15) is 44.0 Å². The Labute approximate surface area is 255 Å². The summed E-state index contributed by atoms with van der Waals surface area (Å²) in [6.07, 6.45) is 1.49. The quantitative estimate of drug-likeness (QED) is 0.171. The molecule has 0 fully saturated rings. The van der Waals surface area contributed by atoms with Crippen molar-refractivity contribution in [3.05, 3.63) is 90.0 Å². The lowest BCUT2D eigenvalue weighted by atomic mass is 10.0. The lowest BCUT2D eigenvalue weighted by Gasteiger charge is -2.27. The molecule has 234 valence electrons. The minimum atomic E-state index is -1.47. The predicted molar refractivity (Wildman–Crippen MR) is 160 cm³/mol. The molecule has 2 aromatic carbocycles. The molecular weight excluding hydrogens is 568 g/mol. The zero-order valence-electron chi connectivity index (χ0n) is 24.9. The maximum Gasteiger partial charge on any atom is 0.408 e. The Bertz CT molecular complexity index is 1390. The molecule has 0 bridgehead atoms. The number of rotatable bonds is 14. The molecule has 0 saturated carbocycles. The number of hydrogen-bond acceptors (Lipinski definition) is 8. The number of imidazole rings is 1. The highest BCUT2D eigenvalue weighted by atomic mass is 16.6. The number of carbonyl (C=O) groups excluding carboxylic acids is 5. The Hall–Kier alpha value is -5.20. The van der Waals surface area contributed by atoms with E-state index in [2.05, 4.69) is 25.9 Å². The van der Waals surface area contributed by atoms with Gasteiger partial charge in [0.1, 0.15) is 30.3 Å². The van der Waals surface area contributed by atoms with Gasteiger partial charge in [0, 0.05) is 24.7 Å². The second kappa shape index (κ2) is 15.9. The van der Waals surface area contributed by atoms with Gasteiger partial charge in [0.2, 0.25) is 17.7 Å². The third-order valence-corrected chi connectivity index (χ3v) is 6.13. The number of hydrogen-bond donors (Lipinski definition) is 5. The van der Waals surface area contributed by atoms with Gasteiger partial charge in [-0.25, -0.2) is 14.6 Å². The Morgan fingerprint density at radius 2 is 1.41 bits per heavy atom. The summed E-state index contributed by atoms with van der Waals surface area (Å²) in [5, 5.41) is 7.58. The van der Waals surface area contributed by atoms with E-state index in [1.54, 1.807) is 69.3 Å². The molecule has 1 aromatic heterocycles. The minimum absolute atomic E-state index is 0.0360. The summed E-state index contributed by atoms with van der Waals surface area (Å²) in [4.78, 5) is 71.2. The number of nitrogens with one attached hydrogen (secondary N) is 4. The van der Waals surface area contributed by atoms with Crippen LogP contribution in [0.2, 0.25) is 0 Å². The zero-order valence-corrected chi connectivity index (χ0v) is 24.9. The normalized spacial score (nSPS) is 13.1. The topological polar surface area (TPSA) is 195 Å². The summed E-state index contributed by atoms with van der Waals surface area (Å²) in [7, 11) is 0. The fourth-order valence-electron chi connectivity index (χ4n) is 4.10. The van der Waals surface area contributed by atoms with E-state index in [0.29, 0.717) is 5.69 Å². The lowest BCUT2D eigenvalue weighted by Crippen LogP contribution is -2.57. The Balaban J connectivity index is 1.76. The molecule has 3 unspecified atom stereocenters. The average molecular weight is 607 g/mol. The SMILES string of the molecule is CC(C)(C)OC(=O)C(Cc1ccccc1)NC(=O)C(CC(N)=O)NC(=O)C(Cc1cnc[nH]1)NC(=O)OCc1ccccc1. The van der Waals surface area contributed by atoms with Crippen LogP contribution in [0.4, 0.5) is 4.79 Å². The van der Waals surface area contributed by atoms with Crippen LogP contribution in [0, 0.1) is 0 Å². The fourth-order valence-corrected chi connectivity index (χ4v) is 4.10. The van der Waals surface area contributed by atoms with Crippen LogP contribution in [-0.4, -0.2) is 63.5 Å². The maximum atomic E-state index is 13.4. The van der Waals surface area contributed by atoms with Gasteiger partial charge in [-0.05, 0) is 31.9 Å². The molecule has 6 N–H and O–H groups in total. The van der Waals surface area contributed by atoms with E-state index in [4.69, 9.17) is 15.2 Å². The van der Waals surface area contributed by atoms with Gasteiger partial charge in [-0.3, -0.25) is 14.4 Å². The van der Waals surface area contributed by atoms with Gasteiger partial charge in [-0.2, -0.15) is 0 Å². The van der Waals surface area contributed by atoms with E-state index in [9.17, 15) is 24.0 Å². The summed E-state index contributed by atoms with van der Waals surface area (Å²) in [5.74, 6) is -3.20. The van der Waals surface area contributed by atoms with Gasteiger partial charge in [0.15, 0.2) is 0 Å². The van der Waals surface area contributed by atoms with E-state index >= 15 is 0 Å². The number of ether oxygens (including phenoxy) is 2. The first-order valence-electron chi connectivity index (χ1n) is 14.0. The van der Waals surface area contributed by atoms with Gasteiger partial charge in [-0.1, -0.05) is 60.7 Å². The van der Waals surface area contributed by atoms with Crippen LogP contribution in [0.25, 0.3) is 0 Å². The van der Waals surface area contributed by atoms with Gasteiger partial charge in [0.25, 0.3) is 0 Å². The van der Waals surface area contributed by atoms with Gasteiger partial charge in [-0.15, -0.1) is 0 Å². The van der Waals surface area contributed by atoms with Crippen molar-refractivity contribution in [3.63, 3.8) is 0 Å². The lowest BCUT2D eigenvalue weighted by molar-refractivity contribution is -0.158. The second-order valence-electron chi connectivity index (χ2n) is 11.1. The maximum absolute atomic E-state index is 13.4. The second-order valence-corrected chi connectivity index (χ2v) is 11.1. The van der Waals surface area contributed by atoms with Crippen molar-refractivity contribution in [1.82, 2.24) is 25.9 Å². The molecule has 1 heterocycles. The van der Waals surface area contributed by atoms with Crippen LogP contribution in [0.5, 0.6) is 0 Å². The Morgan fingerprint density at radius 1 is 0.818 bits per heavy atom.